The molecule has 0 fully saturated rings. The van der Waals surface area contributed by atoms with Gasteiger partial charge in [-0.15, -0.1) is 11.3 Å². The van der Waals surface area contributed by atoms with Crippen molar-refractivity contribution in [2.45, 2.75) is 10.4 Å². The Morgan fingerprint density at radius 2 is 2.19 bits per heavy atom. The predicted molar refractivity (Wildman–Crippen MR) is 54.7 cm³/mol. The van der Waals surface area contributed by atoms with E-state index in [0.717, 1.165) is 0 Å². The topological polar surface area (TPSA) is 46.2 Å². The molecule has 0 bridgehead atoms. The third-order valence-electron chi connectivity index (χ3n) is 1.47. The number of nitrogens with one attached hydrogen (secondary N) is 1. The first-order valence-corrected chi connectivity index (χ1v) is 6.33. The molecule has 0 saturated carbocycles. The van der Waals surface area contributed by atoms with Gasteiger partial charge in [-0.25, -0.2) is 0 Å². The molecule has 0 aliphatic carbocycles. The van der Waals surface area contributed by atoms with Crippen LogP contribution in [0.25, 0.3) is 0 Å². The van der Waals surface area contributed by atoms with Crippen LogP contribution in [-0.2, 0) is 15.6 Å². The second-order valence-corrected chi connectivity index (χ2v) is 5.44. The van der Waals surface area contributed by atoms with E-state index in [2.05, 4.69) is 0 Å². The molecule has 0 spiro atoms. The third kappa shape index (κ3) is 4.75. The molecule has 3 nitrogen and oxygen atoms in total. The highest BCUT2D eigenvalue weighted by Gasteiger charge is 2.27. The van der Waals surface area contributed by atoms with Gasteiger partial charge in [0, 0.05) is 0 Å². The van der Waals surface area contributed by atoms with Crippen LogP contribution in [0.3, 0.4) is 0 Å². The highest BCUT2D eigenvalue weighted by Crippen LogP contribution is 2.14. The van der Waals surface area contributed by atoms with Crippen LogP contribution in [0.5, 0.6) is 0 Å². The molecule has 1 atom stereocenters. The Labute approximate surface area is 96.1 Å². The van der Waals surface area contributed by atoms with E-state index in [1.165, 1.54) is 11.3 Å². The lowest BCUT2D eigenvalue weighted by molar-refractivity contribution is -0.136. The largest absolute Gasteiger partial charge is 0.405 e. The SMILES string of the molecule is O=C(C[S@](=O)c1cccs1)NCC(F)(F)F. The number of thiophene rings is 1. The number of hydrogen-bond acceptors (Lipinski definition) is 3. The first-order valence-electron chi connectivity index (χ1n) is 4.14. The maximum atomic E-state index is 11.7. The van der Waals surface area contributed by atoms with Crippen molar-refractivity contribution in [2.24, 2.45) is 0 Å². The molecule has 1 amide bonds. The van der Waals surface area contributed by atoms with Crippen molar-refractivity contribution in [1.82, 2.24) is 5.32 Å². The fraction of sp³-hybridized carbons (Fsp3) is 0.375. The molecule has 0 radical (unpaired) electrons. The van der Waals surface area contributed by atoms with Gasteiger partial charge >= 0.3 is 6.18 Å². The number of hydrogen-bond donors (Lipinski definition) is 1. The maximum Gasteiger partial charge on any atom is 0.405 e. The molecule has 90 valence electrons. The molecule has 0 unspecified atom stereocenters. The minimum Gasteiger partial charge on any atom is -0.346 e. The molecular formula is C8H8F3NO2S2. The molecule has 16 heavy (non-hydrogen) atoms. The lowest BCUT2D eigenvalue weighted by atomic mass is 10.6. The third-order valence-corrected chi connectivity index (χ3v) is 4.08. The Bertz CT molecular complexity index is 375. The molecule has 1 N–H and O–H groups in total. The number of halogens is 3. The number of carbonyl (C=O) groups is 1. The fourth-order valence-corrected chi connectivity index (χ4v) is 2.77. The number of amides is 1. The average molecular weight is 271 g/mol. The van der Waals surface area contributed by atoms with Crippen molar-refractivity contribution < 1.29 is 22.2 Å². The van der Waals surface area contributed by atoms with Crippen molar-refractivity contribution in [2.75, 3.05) is 12.3 Å². The summed E-state index contributed by atoms with van der Waals surface area (Å²) in [5, 5.41) is 3.34. The van der Waals surface area contributed by atoms with Gasteiger partial charge in [0.15, 0.2) is 0 Å². The summed E-state index contributed by atoms with van der Waals surface area (Å²) in [4.78, 5) is 11.0. The summed E-state index contributed by atoms with van der Waals surface area (Å²) in [5.74, 6) is -1.32. The summed E-state index contributed by atoms with van der Waals surface area (Å²) in [6, 6.07) is 3.23. The Kier molecular flexibility index (Phi) is 4.48. The number of alkyl halides is 3. The lowest BCUT2D eigenvalue weighted by Gasteiger charge is -2.07. The van der Waals surface area contributed by atoms with Crippen LogP contribution in [-0.4, -0.2) is 28.6 Å². The number of rotatable bonds is 4. The van der Waals surface area contributed by atoms with E-state index in [9.17, 15) is 22.2 Å². The highest BCUT2D eigenvalue weighted by molar-refractivity contribution is 7.88. The quantitative estimate of drug-likeness (QED) is 0.902. The molecule has 0 aliphatic heterocycles. The van der Waals surface area contributed by atoms with Crippen molar-refractivity contribution >= 4 is 28.0 Å². The van der Waals surface area contributed by atoms with E-state index >= 15 is 0 Å². The Balaban J connectivity index is 2.38. The average Bonchev–Trinajstić information content (AvgIpc) is 2.66. The van der Waals surface area contributed by atoms with Crippen LogP contribution in [0.15, 0.2) is 21.7 Å². The second-order valence-electron chi connectivity index (χ2n) is 2.81. The monoisotopic (exact) mass is 271 g/mol. The van der Waals surface area contributed by atoms with E-state index in [0.29, 0.717) is 4.21 Å². The Hall–Kier alpha value is -0.890. The Morgan fingerprint density at radius 3 is 2.69 bits per heavy atom. The normalized spacial score (nSPS) is 13.4. The Morgan fingerprint density at radius 1 is 1.50 bits per heavy atom. The van der Waals surface area contributed by atoms with Gasteiger partial charge in [0.25, 0.3) is 0 Å². The molecule has 0 aliphatic rings. The van der Waals surface area contributed by atoms with Gasteiger partial charge in [-0.05, 0) is 11.4 Å². The zero-order valence-electron chi connectivity index (χ0n) is 7.91. The van der Waals surface area contributed by atoms with E-state index in [-0.39, 0.29) is 0 Å². The van der Waals surface area contributed by atoms with E-state index in [1.54, 1.807) is 22.8 Å². The van der Waals surface area contributed by atoms with Crippen molar-refractivity contribution in [3.05, 3.63) is 17.5 Å². The van der Waals surface area contributed by atoms with Crippen LogP contribution < -0.4 is 5.32 Å². The van der Waals surface area contributed by atoms with Gasteiger partial charge in [0.05, 0.1) is 15.0 Å². The first-order chi connectivity index (χ1) is 7.38. The molecule has 8 heteroatoms. The summed E-state index contributed by atoms with van der Waals surface area (Å²) in [7, 11) is -1.57. The minimum absolute atomic E-state index is 0.448. The standard InChI is InChI=1S/C8H8F3NO2S2/c9-8(10,11)5-12-6(13)4-16(14)7-2-1-3-15-7/h1-3H,4-5H2,(H,12,13)/t16-/m0/s1. The smallest absolute Gasteiger partial charge is 0.346 e. The van der Waals surface area contributed by atoms with Crippen LogP contribution in [0.2, 0.25) is 0 Å². The zero-order chi connectivity index (χ0) is 12.2. The maximum absolute atomic E-state index is 11.7. The van der Waals surface area contributed by atoms with E-state index in [4.69, 9.17) is 0 Å². The van der Waals surface area contributed by atoms with Crippen LogP contribution in [0, 0.1) is 0 Å². The summed E-state index contributed by atoms with van der Waals surface area (Å²) in [6.45, 7) is -1.40. The molecule has 1 rings (SSSR count). The number of carbonyl (C=O) groups excluding carboxylic acids is 1. The van der Waals surface area contributed by atoms with Gasteiger partial charge < -0.3 is 5.32 Å². The van der Waals surface area contributed by atoms with Gasteiger partial charge in [0.2, 0.25) is 5.91 Å². The van der Waals surface area contributed by atoms with Gasteiger partial charge in [-0.2, -0.15) is 13.2 Å². The first kappa shape index (κ1) is 13.2. The van der Waals surface area contributed by atoms with E-state index < -0.39 is 35.2 Å². The molecule has 1 heterocycles. The molecular weight excluding hydrogens is 263 g/mol. The minimum atomic E-state index is -4.44. The van der Waals surface area contributed by atoms with Gasteiger partial charge in [-0.1, -0.05) is 6.07 Å². The van der Waals surface area contributed by atoms with Crippen LogP contribution in [0.4, 0.5) is 13.2 Å². The highest BCUT2D eigenvalue weighted by atomic mass is 32.2. The molecule has 0 saturated heterocycles. The van der Waals surface area contributed by atoms with Crippen LogP contribution in [0.1, 0.15) is 0 Å². The van der Waals surface area contributed by atoms with Crippen molar-refractivity contribution in [3.63, 3.8) is 0 Å². The second kappa shape index (κ2) is 5.44. The van der Waals surface area contributed by atoms with Crippen molar-refractivity contribution in [3.8, 4) is 0 Å². The summed E-state index contributed by atoms with van der Waals surface area (Å²) >= 11 is 1.19. The van der Waals surface area contributed by atoms with Crippen molar-refractivity contribution in [1.29, 1.82) is 0 Å². The summed E-state index contributed by atoms with van der Waals surface area (Å²) in [5.41, 5.74) is 0. The van der Waals surface area contributed by atoms with Gasteiger partial charge in [-0.3, -0.25) is 9.00 Å². The summed E-state index contributed by atoms with van der Waals surface area (Å²) < 4.78 is 47.1. The molecule has 1 aromatic heterocycles. The summed E-state index contributed by atoms with van der Waals surface area (Å²) in [6.07, 6.45) is -4.44. The molecule has 0 aromatic carbocycles. The van der Waals surface area contributed by atoms with Crippen LogP contribution >= 0.6 is 11.3 Å². The predicted octanol–water partition coefficient (Wildman–Crippen LogP) is 1.53. The zero-order valence-corrected chi connectivity index (χ0v) is 9.55. The van der Waals surface area contributed by atoms with E-state index in [1.807, 2.05) is 0 Å². The molecule has 1 aromatic rings. The van der Waals surface area contributed by atoms with Gasteiger partial charge in [0.1, 0.15) is 12.3 Å². The lowest BCUT2D eigenvalue weighted by Crippen LogP contribution is -2.36. The fourth-order valence-electron chi connectivity index (χ4n) is 0.833.